The van der Waals surface area contributed by atoms with Crippen LogP contribution in [-0.4, -0.2) is 4.98 Å². The summed E-state index contributed by atoms with van der Waals surface area (Å²) < 4.78 is 13.3. The lowest BCUT2D eigenvalue weighted by molar-refractivity contribution is 0.616. The number of hydrogen-bond acceptors (Lipinski definition) is 2. The van der Waals surface area contributed by atoms with Gasteiger partial charge < -0.3 is 5.32 Å². The topological polar surface area (TPSA) is 24.9 Å². The highest BCUT2D eigenvalue weighted by atomic mass is 19.1. The number of nitrogens with zero attached hydrogens (tertiary/aromatic N) is 1. The second-order valence-corrected chi connectivity index (χ2v) is 4.13. The van der Waals surface area contributed by atoms with E-state index in [1.807, 2.05) is 25.1 Å². The summed E-state index contributed by atoms with van der Waals surface area (Å²) in [6.07, 6.45) is 1.78. The molecule has 0 spiro atoms. The quantitative estimate of drug-likeness (QED) is 0.873. The van der Waals surface area contributed by atoms with Crippen LogP contribution >= 0.6 is 0 Å². The van der Waals surface area contributed by atoms with E-state index in [9.17, 15) is 4.39 Å². The van der Waals surface area contributed by atoms with Gasteiger partial charge in [-0.1, -0.05) is 12.1 Å². The standard InChI is InChI=1S/C14H15FN2/c1-10-3-5-12(7-14(10)15)8-17-13-6-4-11(2)16-9-13/h3-7,9,17H,8H2,1-2H3. The molecule has 0 atom stereocenters. The molecule has 0 saturated carbocycles. The van der Waals surface area contributed by atoms with Crippen molar-refractivity contribution >= 4 is 5.69 Å². The van der Waals surface area contributed by atoms with Crippen LogP contribution in [0.25, 0.3) is 0 Å². The Labute approximate surface area is 101 Å². The van der Waals surface area contributed by atoms with Gasteiger partial charge in [0.05, 0.1) is 11.9 Å². The van der Waals surface area contributed by atoms with Crippen LogP contribution in [0.1, 0.15) is 16.8 Å². The summed E-state index contributed by atoms with van der Waals surface area (Å²) in [4.78, 5) is 4.19. The van der Waals surface area contributed by atoms with Crippen molar-refractivity contribution in [3.63, 3.8) is 0 Å². The molecule has 0 radical (unpaired) electrons. The SMILES string of the molecule is Cc1ccc(NCc2ccc(C)c(F)c2)cn1. The van der Waals surface area contributed by atoms with E-state index >= 15 is 0 Å². The van der Waals surface area contributed by atoms with Crippen LogP contribution < -0.4 is 5.32 Å². The predicted molar refractivity (Wildman–Crippen MR) is 67.4 cm³/mol. The predicted octanol–water partition coefficient (Wildman–Crippen LogP) is 3.45. The van der Waals surface area contributed by atoms with Crippen LogP contribution in [0.5, 0.6) is 0 Å². The molecule has 0 fully saturated rings. The highest BCUT2D eigenvalue weighted by molar-refractivity contribution is 5.41. The molecule has 0 unspecified atom stereocenters. The molecule has 0 aliphatic heterocycles. The molecule has 88 valence electrons. The minimum absolute atomic E-state index is 0.161. The number of aryl methyl sites for hydroxylation is 2. The summed E-state index contributed by atoms with van der Waals surface area (Å²) >= 11 is 0. The Morgan fingerprint density at radius 1 is 1.18 bits per heavy atom. The zero-order chi connectivity index (χ0) is 12.3. The van der Waals surface area contributed by atoms with E-state index in [0.717, 1.165) is 16.9 Å². The number of halogens is 1. The monoisotopic (exact) mass is 230 g/mol. The van der Waals surface area contributed by atoms with E-state index in [-0.39, 0.29) is 5.82 Å². The molecule has 0 aliphatic carbocycles. The summed E-state index contributed by atoms with van der Waals surface area (Å²) in [6.45, 7) is 4.30. The first-order valence-corrected chi connectivity index (χ1v) is 5.57. The number of anilines is 1. The third-order valence-electron chi connectivity index (χ3n) is 2.64. The molecular formula is C14H15FN2. The first-order chi connectivity index (χ1) is 8.15. The van der Waals surface area contributed by atoms with Crippen molar-refractivity contribution in [1.82, 2.24) is 4.98 Å². The number of hydrogen-bond donors (Lipinski definition) is 1. The number of aromatic nitrogens is 1. The van der Waals surface area contributed by atoms with Crippen molar-refractivity contribution in [1.29, 1.82) is 0 Å². The first-order valence-electron chi connectivity index (χ1n) is 5.57. The van der Waals surface area contributed by atoms with E-state index in [4.69, 9.17) is 0 Å². The van der Waals surface area contributed by atoms with Gasteiger partial charge in [0, 0.05) is 12.2 Å². The summed E-state index contributed by atoms with van der Waals surface area (Å²) in [6, 6.07) is 9.18. The molecule has 1 N–H and O–H groups in total. The van der Waals surface area contributed by atoms with Crippen LogP contribution in [0, 0.1) is 19.7 Å². The van der Waals surface area contributed by atoms with Gasteiger partial charge in [0.25, 0.3) is 0 Å². The summed E-state index contributed by atoms with van der Waals surface area (Å²) in [5.74, 6) is -0.161. The molecular weight excluding hydrogens is 215 g/mol. The fourth-order valence-electron chi connectivity index (χ4n) is 1.52. The summed E-state index contributed by atoms with van der Waals surface area (Å²) in [5.41, 5.74) is 3.52. The van der Waals surface area contributed by atoms with Crippen molar-refractivity contribution in [2.75, 3.05) is 5.32 Å². The first kappa shape index (κ1) is 11.6. The van der Waals surface area contributed by atoms with Crippen LogP contribution in [0.15, 0.2) is 36.5 Å². The van der Waals surface area contributed by atoms with E-state index in [1.165, 1.54) is 0 Å². The van der Waals surface area contributed by atoms with Crippen LogP contribution in [0.2, 0.25) is 0 Å². The highest BCUT2D eigenvalue weighted by Gasteiger charge is 1.99. The van der Waals surface area contributed by atoms with Gasteiger partial charge in [0.2, 0.25) is 0 Å². The lowest BCUT2D eigenvalue weighted by atomic mass is 10.1. The molecule has 2 nitrogen and oxygen atoms in total. The molecule has 3 heteroatoms. The normalized spacial score (nSPS) is 10.3. The zero-order valence-electron chi connectivity index (χ0n) is 10.00. The van der Waals surface area contributed by atoms with Crippen molar-refractivity contribution in [3.05, 3.63) is 59.2 Å². The zero-order valence-corrected chi connectivity index (χ0v) is 10.00. The third-order valence-corrected chi connectivity index (χ3v) is 2.64. The molecule has 0 saturated heterocycles. The van der Waals surface area contributed by atoms with E-state index < -0.39 is 0 Å². The molecule has 17 heavy (non-hydrogen) atoms. The second-order valence-electron chi connectivity index (χ2n) is 4.13. The fourth-order valence-corrected chi connectivity index (χ4v) is 1.52. The van der Waals surface area contributed by atoms with Gasteiger partial charge in [-0.05, 0) is 43.2 Å². The van der Waals surface area contributed by atoms with Gasteiger partial charge in [0.15, 0.2) is 0 Å². The van der Waals surface area contributed by atoms with Gasteiger partial charge in [-0.3, -0.25) is 4.98 Å². The van der Waals surface area contributed by atoms with Crippen molar-refractivity contribution in [2.24, 2.45) is 0 Å². The maximum atomic E-state index is 13.3. The van der Waals surface area contributed by atoms with Crippen molar-refractivity contribution in [2.45, 2.75) is 20.4 Å². The molecule has 2 aromatic rings. The van der Waals surface area contributed by atoms with Gasteiger partial charge in [-0.25, -0.2) is 4.39 Å². The maximum Gasteiger partial charge on any atom is 0.126 e. The Morgan fingerprint density at radius 3 is 2.65 bits per heavy atom. The number of benzene rings is 1. The Hall–Kier alpha value is -1.90. The molecule has 2 rings (SSSR count). The summed E-state index contributed by atoms with van der Waals surface area (Å²) in [5, 5.41) is 3.21. The lowest BCUT2D eigenvalue weighted by Crippen LogP contribution is -2.00. The average molecular weight is 230 g/mol. The van der Waals surface area contributed by atoms with Gasteiger partial charge in [-0.2, -0.15) is 0 Å². The van der Waals surface area contributed by atoms with Crippen LogP contribution in [0.3, 0.4) is 0 Å². The number of nitrogens with one attached hydrogen (secondary N) is 1. The Balaban J connectivity index is 2.02. The Morgan fingerprint density at radius 2 is 2.00 bits per heavy atom. The van der Waals surface area contributed by atoms with Crippen LogP contribution in [-0.2, 0) is 6.54 Å². The minimum Gasteiger partial charge on any atom is -0.380 e. The smallest absolute Gasteiger partial charge is 0.126 e. The molecule has 0 amide bonds. The van der Waals surface area contributed by atoms with Gasteiger partial charge in [0.1, 0.15) is 5.82 Å². The van der Waals surface area contributed by atoms with Crippen molar-refractivity contribution < 1.29 is 4.39 Å². The highest BCUT2D eigenvalue weighted by Crippen LogP contribution is 2.12. The molecule has 1 heterocycles. The van der Waals surface area contributed by atoms with Crippen LogP contribution in [0.4, 0.5) is 10.1 Å². The number of rotatable bonds is 3. The van der Waals surface area contributed by atoms with E-state index in [2.05, 4.69) is 10.3 Å². The Bertz CT molecular complexity index is 506. The maximum absolute atomic E-state index is 13.3. The second kappa shape index (κ2) is 4.95. The molecule has 1 aromatic heterocycles. The summed E-state index contributed by atoms with van der Waals surface area (Å²) in [7, 11) is 0. The largest absolute Gasteiger partial charge is 0.380 e. The molecule has 1 aromatic carbocycles. The third kappa shape index (κ3) is 3.03. The van der Waals surface area contributed by atoms with Gasteiger partial charge in [-0.15, -0.1) is 0 Å². The number of pyridine rings is 1. The lowest BCUT2D eigenvalue weighted by Gasteiger charge is -2.07. The molecule has 0 bridgehead atoms. The van der Waals surface area contributed by atoms with Gasteiger partial charge >= 0.3 is 0 Å². The average Bonchev–Trinajstić information content (AvgIpc) is 2.33. The fraction of sp³-hybridized carbons (Fsp3) is 0.214. The van der Waals surface area contributed by atoms with E-state index in [0.29, 0.717) is 12.1 Å². The minimum atomic E-state index is -0.161. The Kier molecular flexibility index (Phi) is 3.38. The van der Waals surface area contributed by atoms with Crippen molar-refractivity contribution in [3.8, 4) is 0 Å². The van der Waals surface area contributed by atoms with E-state index in [1.54, 1.807) is 25.3 Å². The molecule has 0 aliphatic rings.